The van der Waals surface area contributed by atoms with Gasteiger partial charge < -0.3 is 20.5 Å². The molecule has 1 aromatic heterocycles. The Morgan fingerprint density at radius 1 is 1.40 bits per heavy atom. The van der Waals surface area contributed by atoms with E-state index in [2.05, 4.69) is 20.6 Å². The Kier molecular flexibility index (Phi) is 5.55. The molecule has 2 aliphatic rings. The lowest BCUT2D eigenvalue weighted by atomic mass is 10.1. The van der Waals surface area contributed by atoms with Crippen molar-refractivity contribution in [3.63, 3.8) is 0 Å². The maximum Gasteiger partial charge on any atom is 0.338 e. The third kappa shape index (κ3) is 4.52. The van der Waals surface area contributed by atoms with E-state index in [1.54, 1.807) is 18.3 Å². The molecule has 2 aromatic rings. The van der Waals surface area contributed by atoms with E-state index >= 15 is 0 Å². The van der Waals surface area contributed by atoms with Crippen LogP contribution in [0.5, 0.6) is 5.75 Å². The predicted octanol–water partition coefficient (Wildman–Crippen LogP) is 3.09. The first kappa shape index (κ1) is 20.1. The van der Waals surface area contributed by atoms with Gasteiger partial charge in [0.1, 0.15) is 5.75 Å². The largest absolute Gasteiger partial charge is 0.497 e. The monoisotopic (exact) mass is 444 g/mol. The number of aromatic nitrogens is 1. The summed E-state index contributed by atoms with van der Waals surface area (Å²) in [6, 6.07) is 4.48. The van der Waals surface area contributed by atoms with Crippen LogP contribution in [0.2, 0.25) is 0 Å². The van der Waals surface area contributed by atoms with E-state index in [0.29, 0.717) is 20.7 Å². The number of carbonyl (C=O) groups excluding carboxylic acids is 2. The van der Waals surface area contributed by atoms with Gasteiger partial charge in [0.05, 0.1) is 28.1 Å². The van der Waals surface area contributed by atoms with Crippen LogP contribution < -0.4 is 15.4 Å². The number of carboxylic acid groups (broad SMARTS) is 1. The predicted molar refractivity (Wildman–Crippen MR) is 114 cm³/mol. The normalized spacial score (nSPS) is 18.5. The van der Waals surface area contributed by atoms with Crippen molar-refractivity contribution in [2.45, 2.75) is 12.8 Å². The second kappa shape index (κ2) is 8.28. The zero-order chi connectivity index (χ0) is 21.3. The van der Waals surface area contributed by atoms with Crippen LogP contribution in [-0.2, 0) is 9.59 Å². The van der Waals surface area contributed by atoms with E-state index in [0.717, 1.165) is 24.6 Å². The number of carboxylic acids is 1. The van der Waals surface area contributed by atoms with Crippen LogP contribution in [0.3, 0.4) is 0 Å². The number of aliphatic imine (C=N–C) groups is 1. The zero-order valence-electron chi connectivity index (χ0n) is 15.7. The molecule has 0 unspecified atom stereocenters. The summed E-state index contributed by atoms with van der Waals surface area (Å²) in [4.78, 5) is 45.1. The topological polar surface area (TPSA) is 130 Å². The Bertz CT molecular complexity index is 1100. The number of ether oxygens (including phenoxy) is 1. The van der Waals surface area contributed by atoms with Gasteiger partial charge in [0.15, 0.2) is 10.3 Å². The number of benzene rings is 1. The van der Waals surface area contributed by atoms with Crippen LogP contribution in [0.15, 0.2) is 34.3 Å². The number of rotatable bonds is 6. The minimum Gasteiger partial charge on any atom is -0.497 e. The first-order valence-electron chi connectivity index (χ1n) is 8.90. The highest BCUT2D eigenvalue weighted by molar-refractivity contribution is 8.18. The van der Waals surface area contributed by atoms with Crippen LogP contribution in [-0.4, -0.2) is 40.2 Å². The molecule has 1 aromatic carbocycles. The molecule has 2 fully saturated rings. The molecule has 1 saturated carbocycles. The van der Waals surface area contributed by atoms with Crippen LogP contribution in [0, 0.1) is 5.92 Å². The average molecular weight is 444 g/mol. The third-order valence-corrected chi connectivity index (χ3v) is 6.05. The van der Waals surface area contributed by atoms with Crippen molar-refractivity contribution in [3.8, 4) is 5.75 Å². The molecular formula is C19H16N4O5S2. The summed E-state index contributed by atoms with van der Waals surface area (Å²) in [6.45, 7) is 0. The van der Waals surface area contributed by atoms with Crippen molar-refractivity contribution < 1.29 is 24.2 Å². The molecule has 0 atom stereocenters. The fraction of sp³-hybridized carbons (Fsp3) is 0.211. The second-order valence-corrected chi connectivity index (χ2v) is 8.59. The fourth-order valence-corrected chi connectivity index (χ4v) is 4.26. The highest BCUT2D eigenvalue weighted by Crippen LogP contribution is 2.33. The van der Waals surface area contributed by atoms with Gasteiger partial charge in [-0.15, -0.1) is 0 Å². The number of thiazole rings is 1. The van der Waals surface area contributed by atoms with Gasteiger partial charge in [-0.25, -0.2) is 14.8 Å². The summed E-state index contributed by atoms with van der Waals surface area (Å²) in [5.41, 5.74) is 0.169. The number of aromatic carboxylic acids is 1. The minimum absolute atomic E-state index is 0.0281. The summed E-state index contributed by atoms with van der Waals surface area (Å²) in [5, 5.41) is 15.5. The third-order valence-electron chi connectivity index (χ3n) is 4.28. The molecule has 9 nitrogen and oxygen atoms in total. The number of anilines is 1. The van der Waals surface area contributed by atoms with Crippen molar-refractivity contribution in [2.75, 3.05) is 12.4 Å². The molecule has 0 bridgehead atoms. The van der Waals surface area contributed by atoms with Crippen LogP contribution in [0.4, 0.5) is 10.8 Å². The van der Waals surface area contributed by atoms with E-state index in [9.17, 15) is 19.5 Å². The van der Waals surface area contributed by atoms with E-state index in [1.165, 1.54) is 30.6 Å². The van der Waals surface area contributed by atoms with Gasteiger partial charge in [0, 0.05) is 12.1 Å². The molecular weight excluding hydrogens is 428 g/mol. The molecule has 30 heavy (non-hydrogen) atoms. The van der Waals surface area contributed by atoms with Crippen molar-refractivity contribution in [2.24, 2.45) is 10.9 Å². The van der Waals surface area contributed by atoms with Crippen molar-refractivity contribution >= 4 is 62.9 Å². The number of hydrogen-bond donors (Lipinski definition) is 3. The first-order valence-corrected chi connectivity index (χ1v) is 10.5. The second-order valence-electron chi connectivity index (χ2n) is 6.50. The van der Waals surface area contributed by atoms with Gasteiger partial charge in [-0.05, 0) is 48.9 Å². The Morgan fingerprint density at radius 2 is 2.20 bits per heavy atom. The molecule has 0 radical (unpaired) electrons. The lowest BCUT2D eigenvalue weighted by Gasteiger charge is -2.05. The number of amidine groups is 1. The van der Waals surface area contributed by atoms with Gasteiger partial charge >= 0.3 is 5.97 Å². The molecule has 4 rings (SSSR count). The van der Waals surface area contributed by atoms with Crippen molar-refractivity contribution in [1.29, 1.82) is 0 Å². The summed E-state index contributed by atoms with van der Waals surface area (Å²) in [6.07, 6.45) is 5.05. The highest BCUT2D eigenvalue weighted by Gasteiger charge is 2.30. The van der Waals surface area contributed by atoms with E-state index in [1.807, 2.05) is 0 Å². The molecule has 0 spiro atoms. The van der Waals surface area contributed by atoms with Gasteiger partial charge in [0.25, 0.3) is 5.91 Å². The number of hydrogen-bond acceptors (Lipinski definition) is 8. The first-order chi connectivity index (χ1) is 14.4. The van der Waals surface area contributed by atoms with E-state index in [4.69, 9.17) is 4.74 Å². The molecule has 1 aliphatic carbocycles. The molecule has 154 valence electrons. The number of amides is 2. The summed E-state index contributed by atoms with van der Waals surface area (Å²) in [5.74, 6) is -1.04. The number of methoxy groups -OCH3 is 1. The molecule has 11 heteroatoms. The maximum atomic E-state index is 12.3. The Morgan fingerprint density at radius 3 is 2.90 bits per heavy atom. The molecule has 1 saturated heterocycles. The Hall–Kier alpha value is -3.18. The van der Waals surface area contributed by atoms with Crippen molar-refractivity contribution in [3.05, 3.63) is 39.7 Å². The molecule has 2 amide bonds. The zero-order valence-corrected chi connectivity index (χ0v) is 17.3. The van der Waals surface area contributed by atoms with E-state index < -0.39 is 5.97 Å². The average Bonchev–Trinajstić information content (AvgIpc) is 3.40. The number of nitrogens with one attached hydrogen (secondary N) is 2. The molecule has 1 aliphatic heterocycles. The van der Waals surface area contributed by atoms with Crippen LogP contribution in [0.25, 0.3) is 6.08 Å². The lowest BCUT2D eigenvalue weighted by Crippen LogP contribution is -2.19. The number of nitrogens with zero attached hydrogens (tertiary/aromatic N) is 2. The quantitative estimate of drug-likeness (QED) is 0.584. The Balaban J connectivity index is 1.51. The van der Waals surface area contributed by atoms with Crippen LogP contribution in [0.1, 0.15) is 28.1 Å². The highest BCUT2D eigenvalue weighted by atomic mass is 32.2. The molecule has 2 heterocycles. The van der Waals surface area contributed by atoms with Crippen molar-refractivity contribution in [1.82, 2.24) is 10.3 Å². The lowest BCUT2D eigenvalue weighted by molar-refractivity contribution is -0.117. The van der Waals surface area contributed by atoms with Gasteiger partial charge in [0.2, 0.25) is 5.91 Å². The molecule has 3 N–H and O–H groups in total. The minimum atomic E-state index is -1.15. The smallest absolute Gasteiger partial charge is 0.338 e. The number of carbonyl (C=O) groups is 3. The standard InChI is InChI=1S/C19H16N4O5S2/c1-28-10-4-5-13(12(6-10)17(26)27)21-19-23-16(25)14(30-19)7-11-8-20-18(29-11)22-15(24)9-2-3-9/h4-9H,2-3H2,1H3,(H,26,27)(H,20,22,24)(H,21,23,25). The summed E-state index contributed by atoms with van der Waals surface area (Å²) in [7, 11) is 1.44. The Labute approximate surface area is 179 Å². The van der Waals surface area contributed by atoms with E-state index in [-0.39, 0.29) is 34.2 Å². The summed E-state index contributed by atoms with van der Waals surface area (Å²) < 4.78 is 5.05. The van der Waals surface area contributed by atoms with Gasteiger partial charge in [-0.2, -0.15) is 0 Å². The van der Waals surface area contributed by atoms with Crippen LogP contribution >= 0.6 is 23.1 Å². The van der Waals surface area contributed by atoms with Gasteiger partial charge in [-0.3, -0.25) is 9.59 Å². The maximum absolute atomic E-state index is 12.3. The summed E-state index contributed by atoms with van der Waals surface area (Å²) >= 11 is 2.36. The fourth-order valence-electron chi connectivity index (χ4n) is 2.59. The number of thioether (sulfide) groups is 1. The van der Waals surface area contributed by atoms with Gasteiger partial charge in [-0.1, -0.05) is 11.3 Å². The SMILES string of the molecule is COc1ccc(N=C2NC(=O)C(=Cc3cnc(NC(=O)C4CC4)s3)S2)c(C(=O)O)c1.